The first-order chi connectivity index (χ1) is 8.81. The predicted molar refractivity (Wildman–Crippen MR) is 58.6 cm³/mol. The zero-order chi connectivity index (χ0) is 14.6. The number of ether oxygens (including phenoxy) is 4. The number of aliphatic hydroxyl groups excluding tert-OH is 1. The molecule has 1 N–H and O–H groups in total. The van der Waals surface area contributed by atoms with Crippen LogP contribution in [0.15, 0.2) is 0 Å². The van der Waals surface area contributed by atoms with Gasteiger partial charge in [0.2, 0.25) is 0 Å². The third kappa shape index (κ3) is 4.49. The smallest absolute Gasteiger partial charge is 0.303 e. The van der Waals surface area contributed by atoms with Crippen LogP contribution in [0.3, 0.4) is 0 Å². The molecule has 0 aliphatic carbocycles. The summed E-state index contributed by atoms with van der Waals surface area (Å²) in [6.07, 6.45) is -4.78. The summed E-state index contributed by atoms with van der Waals surface area (Å²) in [4.78, 5) is 33.0. The predicted octanol–water partition coefficient (Wildman–Crippen LogP) is -0.870. The maximum absolute atomic E-state index is 11.1. The van der Waals surface area contributed by atoms with Crippen LogP contribution < -0.4 is 0 Å². The highest BCUT2D eigenvalue weighted by atomic mass is 16.7. The summed E-state index contributed by atoms with van der Waals surface area (Å²) < 4.78 is 19.6. The van der Waals surface area contributed by atoms with Crippen molar-refractivity contribution in [2.45, 2.75) is 45.4 Å². The summed E-state index contributed by atoms with van der Waals surface area (Å²) in [5.41, 5.74) is 0. The van der Waals surface area contributed by atoms with Gasteiger partial charge in [0.1, 0.15) is 0 Å². The number of aliphatic hydroxyl groups is 1. The summed E-state index contributed by atoms with van der Waals surface area (Å²) in [6.45, 7) is 3.29. The van der Waals surface area contributed by atoms with E-state index in [1.807, 2.05) is 0 Å². The Balaban J connectivity index is 2.89. The van der Waals surface area contributed by atoms with Crippen molar-refractivity contribution >= 4 is 17.9 Å². The van der Waals surface area contributed by atoms with Crippen molar-refractivity contribution in [3.05, 3.63) is 0 Å². The number of rotatable bonds is 3. The first-order valence-corrected chi connectivity index (χ1v) is 5.62. The van der Waals surface area contributed by atoms with Crippen molar-refractivity contribution in [3.63, 3.8) is 0 Å². The van der Waals surface area contributed by atoms with Gasteiger partial charge in [-0.05, 0) is 0 Å². The van der Waals surface area contributed by atoms with E-state index in [2.05, 4.69) is 0 Å². The van der Waals surface area contributed by atoms with E-state index in [1.165, 1.54) is 6.92 Å². The molecule has 108 valence electrons. The summed E-state index contributed by atoms with van der Waals surface area (Å²) in [5, 5.41) is 9.62. The molecule has 2 unspecified atom stereocenters. The highest BCUT2D eigenvalue weighted by Crippen LogP contribution is 2.23. The second-order valence-electron chi connectivity index (χ2n) is 4.02. The van der Waals surface area contributed by atoms with E-state index in [1.54, 1.807) is 0 Å². The molecule has 4 atom stereocenters. The van der Waals surface area contributed by atoms with E-state index >= 15 is 0 Å². The highest BCUT2D eigenvalue weighted by Gasteiger charge is 2.46. The van der Waals surface area contributed by atoms with Crippen LogP contribution in [0.1, 0.15) is 20.8 Å². The number of hydrogen-bond donors (Lipinski definition) is 1. The molecule has 0 bridgehead atoms. The Hall–Kier alpha value is -1.67. The van der Waals surface area contributed by atoms with E-state index in [9.17, 15) is 19.5 Å². The fourth-order valence-corrected chi connectivity index (χ4v) is 1.72. The van der Waals surface area contributed by atoms with Gasteiger partial charge in [-0.1, -0.05) is 0 Å². The molecule has 1 saturated heterocycles. The molecular weight excluding hydrogens is 260 g/mol. The summed E-state index contributed by atoms with van der Waals surface area (Å²) in [5.74, 6) is -1.95. The third-order valence-corrected chi connectivity index (χ3v) is 2.32. The molecule has 0 aromatic heterocycles. The first-order valence-electron chi connectivity index (χ1n) is 5.62. The molecule has 0 saturated carbocycles. The van der Waals surface area contributed by atoms with Crippen molar-refractivity contribution in [2.75, 3.05) is 6.61 Å². The SMILES string of the molecule is CC(=O)OC1C(OC(C)=O)[C@@H](OC(C)=O)CO[C@H]1O. The lowest BCUT2D eigenvalue weighted by atomic mass is 10.0. The largest absolute Gasteiger partial charge is 0.456 e. The molecule has 0 aromatic carbocycles. The molecule has 0 spiro atoms. The van der Waals surface area contributed by atoms with Gasteiger partial charge in [-0.15, -0.1) is 0 Å². The zero-order valence-corrected chi connectivity index (χ0v) is 10.8. The molecule has 8 heteroatoms. The monoisotopic (exact) mass is 276 g/mol. The molecule has 0 radical (unpaired) electrons. The van der Waals surface area contributed by atoms with Crippen LogP contribution >= 0.6 is 0 Å². The third-order valence-electron chi connectivity index (χ3n) is 2.32. The van der Waals surface area contributed by atoms with E-state index in [-0.39, 0.29) is 6.61 Å². The number of carbonyl (C=O) groups excluding carboxylic acids is 3. The van der Waals surface area contributed by atoms with Crippen LogP contribution in [0.25, 0.3) is 0 Å². The van der Waals surface area contributed by atoms with Gasteiger partial charge in [-0.3, -0.25) is 14.4 Å². The quantitative estimate of drug-likeness (QED) is 0.523. The van der Waals surface area contributed by atoms with Gasteiger partial charge in [0.15, 0.2) is 24.6 Å². The van der Waals surface area contributed by atoms with Gasteiger partial charge in [0, 0.05) is 20.8 Å². The van der Waals surface area contributed by atoms with Gasteiger partial charge >= 0.3 is 17.9 Å². The minimum atomic E-state index is -1.46. The lowest BCUT2D eigenvalue weighted by molar-refractivity contribution is -0.267. The summed E-state index contributed by atoms with van der Waals surface area (Å²) in [6, 6.07) is 0. The molecule has 0 aromatic rings. The number of esters is 3. The molecule has 0 amide bonds. The van der Waals surface area contributed by atoms with E-state index in [0.717, 1.165) is 13.8 Å². The van der Waals surface area contributed by atoms with Gasteiger partial charge in [0.05, 0.1) is 6.61 Å². The maximum atomic E-state index is 11.1. The summed E-state index contributed by atoms with van der Waals surface area (Å²) in [7, 11) is 0. The second kappa shape index (κ2) is 6.48. The van der Waals surface area contributed by atoms with Crippen LogP contribution in [0.2, 0.25) is 0 Å². The minimum Gasteiger partial charge on any atom is -0.456 e. The summed E-state index contributed by atoms with van der Waals surface area (Å²) >= 11 is 0. The van der Waals surface area contributed by atoms with Crippen LogP contribution in [0, 0.1) is 0 Å². The number of hydrogen-bond acceptors (Lipinski definition) is 8. The maximum Gasteiger partial charge on any atom is 0.303 e. The Morgan fingerprint density at radius 3 is 1.89 bits per heavy atom. The average molecular weight is 276 g/mol. The molecule has 1 aliphatic heterocycles. The van der Waals surface area contributed by atoms with E-state index < -0.39 is 42.5 Å². The fourth-order valence-electron chi connectivity index (χ4n) is 1.72. The molecule has 8 nitrogen and oxygen atoms in total. The van der Waals surface area contributed by atoms with Crippen molar-refractivity contribution in [1.29, 1.82) is 0 Å². The zero-order valence-electron chi connectivity index (χ0n) is 10.8. The molecule has 1 heterocycles. The first kappa shape index (κ1) is 15.4. The lowest BCUT2D eigenvalue weighted by Crippen LogP contribution is -2.57. The Bertz CT molecular complexity index is 366. The average Bonchev–Trinajstić information content (AvgIpc) is 2.25. The van der Waals surface area contributed by atoms with Gasteiger partial charge in [-0.25, -0.2) is 0 Å². The Labute approximate surface area is 109 Å². The van der Waals surface area contributed by atoms with E-state index in [4.69, 9.17) is 18.9 Å². The Morgan fingerprint density at radius 1 is 0.947 bits per heavy atom. The molecule has 19 heavy (non-hydrogen) atoms. The van der Waals surface area contributed by atoms with Crippen LogP contribution in [-0.2, 0) is 33.3 Å². The molecule has 1 rings (SSSR count). The standard InChI is InChI=1S/C11H16O8/c1-5(12)17-8-4-16-11(15)10(19-7(3)14)9(8)18-6(2)13/h8-11,15H,4H2,1-3H3/t8-,9?,10?,11+/m0/s1. The Kier molecular flexibility index (Phi) is 5.25. The Morgan fingerprint density at radius 2 is 1.42 bits per heavy atom. The lowest BCUT2D eigenvalue weighted by Gasteiger charge is -2.38. The normalized spacial score (nSPS) is 30.3. The minimum absolute atomic E-state index is 0.170. The van der Waals surface area contributed by atoms with Crippen LogP contribution in [0.5, 0.6) is 0 Å². The van der Waals surface area contributed by atoms with Gasteiger partial charge in [-0.2, -0.15) is 0 Å². The molecular formula is C11H16O8. The number of carbonyl (C=O) groups is 3. The van der Waals surface area contributed by atoms with E-state index in [0.29, 0.717) is 0 Å². The highest BCUT2D eigenvalue weighted by molar-refractivity contribution is 5.68. The van der Waals surface area contributed by atoms with Crippen LogP contribution in [0.4, 0.5) is 0 Å². The second-order valence-corrected chi connectivity index (χ2v) is 4.02. The van der Waals surface area contributed by atoms with Crippen molar-refractivity contribution < 1.29 is 38.4 Å². The fraction of sp³-hybridized carbons (Fsp3) is 0.727. The van der Waals surface area contributed by atoms with Gasteiger partial charge < -0.3 is 24.1 Å². The molecule has 1 fully saturated rings. The van der Waals surface area contributed by atoms with Gasteiger partial charge in [0.25, 0.3) is 0 Å². The van der Waals surface area contributed by atoms with Crippen LogP contribution in [-0.4, -0.2) is 54.2 Å². The van der Waals surface area contributed by atoms with Crippen molar-refractivity contribution in [3.8, 4) is 0 Å². The topological polar surface area (TPSA) is 108 Å². The van der Waals surface area contributed by atoms with Crippen molar-refractivity contribution in [2.24, 2.45) is 0 Å². The molecule has 1 aliphatic rings. The van der Waals surface area contributed by atoms with Crippen molar-refractivity contribution in [1.82, 2.24) is 0 Å².